The van der Waals surface area contributed by atoms with E-state index in [0.29, 0.717) is 0 Å². The third-order valence-electron chi connectivity index (χ3n) is 1.91. The van der Waals surface area contributed by atoms with Gasteiger partial charge >= 0.3 is 6.09 Å². The van der Waals surface area contributed by atoms with Gasteiger partial charge in [-0.05, 0) is 34.6 Å². The Morgan fingerprint density at radius 2 is 1.56 bits per heavy atom. The van der Waals surface area contributed by atoms with Crippen molar-refractivity contribution < 1.29 is 19.1 Å². The summed E-state index contributed by atoms with van der Waals surface area (Å²) in [5, 5.41) is 4.72. The van der Waals surface area contributed by atoms with Crippen LogP contribution >= 0.6 is 0 Å². The second kappa shape index (κ2) is 6.23. The van der Waals surface area contributed by atoms with E-state index in [4.69, 9.17) is 10.5 Å². The molecule has 0 aliphatic rings. The maximum atomic E-state index is 11.6. The lowest BCUT2D eigenvalue weighted by Crippen LogP contribution is -2.51. The number of hydrogen-bond acceptors (Lipinski definition) is 4. The van der Waals surface area contributed by atoms with Crippen LogP contribution in [0.3, 0.4) is 0 Å². The van der Waals surface area contributed by atoms with Crippen molar-refractivity contribution in [2.75, 3.05) is 0 Å². The van der Waals surface area contributed by atoms with Crippen LogP contribution in [0.4, 0.5) is 4.79 Å². The van der Waals surface area contributed by atoms with Crippen LogP contribution in [0.25, 0.3) is 0 Å². The molecular weight excluding hydrogens is 238 g/mol. The third-order valence-corrected chi connectivity index (χ3v) is 1.91. The van der Waals surface area contributed by atoms with Gasteiger partial charge in [0, 0.05) is 0 Å². The van der Waals surface area contributed by atoms with Gasteiger partial charge in [-0.2, -0.15) is 0 Å². The molecule has 0 heterocycles. The summed E-state index contributed by atoms with van der Waals surface area (Å²) < 4.78 is 4.99. The number of ether oxygens (including phenoxy) is 1. The molecule has 0 bridgehead atoms. The Kier molecular flexibility index (Phi) is 5.61. The number of carbonyl (C=O) groups is 3. The molecule has 0 saturated carbocycles. The quantitative estimate of drug-likeness (QED) is 0.654. The minimum absolute atomic E-state index is 0.507. The lowest BCUT2D eigenvalue weighted by atomic mass is 10.2. The van der Waals surface area contributed by atoms with Crippen molar-refractivity contribution in [3.63, 3.8) is 0 Å². The van der Waals surface area contributed by atoms with Crippen molar-refractivity contribution in [1.82, 2.24) is 10.6 Å². The Morgan fingerprint density at radius 1 is 1.06 bits per heavy atom. The molecule has 4 N–H and O–H groups in total. The van der Waals surface area contributed by atoms with Gasteiger partial charge in [-0.1, -0.05) is 0 Å². The number of carbonyl (C=O) groups excluding carboxylic acids is 3. The molecule has 7 nitrogen and oxygen atoms in total. The van der Waals surface area contributed by atoms with Gasteiger partial charge in [-0.15, -0.1) is 0 Å². The first kappa shape index (κ1) is 16.2. The van der Waals surface area contributed by atoms with Crippen LogP contribution in [0.15, 0.2) is 0 Å². The van der Waals surface area contributed by atoms with Crippen LogP contribution in [0.1, 0.15) is 34.6 Å². The van der Waals surface area contributed by atoms with Gasteiger partial charge < -0.3 is 21.1 Å². The molecule has 0 saturated heterocycles. The summed E-state index contributed by atoms with van der Waals surface area (Å²) in [5.74, 6) is -1.15. The summed E-state index contributed by atoms with van der Waals surface area (Å²) in [6.07, 6.45) is -0.697. The maximum Gasteiger partial charge on any atom is 0.408 e. The van der Waals surface area contributed by atoms with Crippen molar-refractivity contribution in [2.45, 2.75) is 52.3 Å². The first-order valence-corrected chi connectivity index (χ1v) is 5.62. The molecule has 3 amide bonds. The van der Waals surface area contributed by atoms with E-state index >= 15 is 0 Å². The van der Waals surface area contributed by atoms with Crippen molar-refractivity contribution in [2.24, 2.45) is 5.73 Å². The molecule has 104 valence electrons. The fourth-order valence-corrected chi connectivity index (χ4v) is 0.959. The topological polar surface area (TPSA) is 111 Å². The molecule has 0 rings (SSSR count). The van der Waals surface area contributed by atoms with E-state index in [0.717, 1.165) is 0 Å². The predicted octanol–water partition coefficient (Wildman–Crippen LogP) is -0.110. The highest BCUT2D eigenvalue weighted by atomic mass is 16.6. The van der Waals surface area contributed by atoms with Crippen molar-refractivity contribution >= 4 is 17.9 Å². The summed E-state index contributed by atoms with van der Waals surface area (Å²) in [4.78, 5) is 33.7. The summed E-state index contributed by atoms with van der Waals surface area (Å²) in [7, 11) is 0. The normalized spacial score (nSPS) is 14.3. The fraction of sp³-hybridized carbons (Fsp3) is 0.727. The van der Waals surface area contributed by atoms with E-state index in [1.165, 1.54) is 13.8 Å². The first-order valence-electron chi connectivity index (χ1n) is 5.62. The second-order valence-corrected chi connectivity index (χ2v) is 5.00. The molecular formula is C11H21N3O4. The highest BCUT2D eigenvalue weighted by Gasteiger charge is 2.22. The highest BCUT2D eigenvalue weighted by Crippen LogP contribution is 2.06. The Hall–Kier alpha value is -1.79. The summed E-state index contributed by atoms with van der Waals surface area (Å²) in [5.41, 5.74) is 4.37. The molecule has 0 aromatic heterocycles. The molecule has 18 heavy (non-hydrogen) atoms. The van der Waals surface area contributed by atoms with Crippen LogP contribution in [-0.2, 0) is 14.3 Å². The number of alkyl carbamates (subject to hydrolysis) is 1. The van der Waals surface area contributed by atoms with Crippen molar-refractivity contribution in [1.29, 1.82) is 0 Å². The molecule has 2 unspecified atom stereocenters. The van der Waals surface area contributed by atoms with Gasteiger partial charge in [0.1, 0.15) is 17.7 Å². The standard InChI is InChI=1S/C11H21N3O4/c1-6(8(12)15)13-9(16)7(2)14-10(17)18-11(3,4)5/h6-7H,1-5H3,(H2,12,15)(H,13,16)(H,14,17). The molecule has 0 fully saturated rings. The number of primary amides is 1. The summed E-state index contributed by atoms with van der Waals surface area (Å²) in [6, 6.07) is -1.61. The second-order valence-electron chi connectivity index (χ2n) is 5.00. The number of nitrogens with one attached hydrogen (secondary N) is 2. The Bertz CT molecular complexity index is 336. The molecule has 0 aliphatic carbocycles. The zero-order chi connectivity index (χ0) is 14.5. The van der Waals surface area contributed by atoms with Gasteiger partial charge in [-0.3, -0.25) is 9.59 Å². The van der Waals surface area contributed by atoms with Gasteiger partial charge in [0.15, 0.2) is 0 Å². The van der Waals surface area contributed by atoms with Crippen molar-refractivity contribution in [3.05, 3.63) is 0 Å². The molecule has 2 atom stereocenters. The minimum Gasteiger partial charge on any atom is -0.444 e. The average Bonchev–Trinajstić information content (AvgIpc) is 2.13. The monoisotopic (exact) mass is 259 g/mol. The fourth-order valence-electron chi connectivity index (χ4n) is 0.959. The number of nitrogens with two attached hydrogens (primary N) is 1. The van der Waals surface area contributed by atoms with Crippen molar-refractivity contribution in [3.8, 4) is 0 Å². The number of hydrogen-bond donors (Lipinski definition) is 3. The molecule has 7 heteroatoms. The minimum atomic E-state index is -0.818. The van der Waals surface area contributed by atoms with E-state index in [-0.39, 0.29) is 0 Å². The Labute approximate surface area is 106 Å². The molecule has 0 aliphatic heterocycles. The summed E-state index contributed by atoms with van der Waals surface area (Å²) in [6.45, 7) is 8.08. The number of rotatable bonds is 4. The number of amides is 3. The lowest BCUT2D eigenvalue weighted by Gasteiger charge is -2.22. The van der Waals surface area contributed by atoms with E-state index in [2.05, 4.69) is 10.6 Å². The third kappa shape index (κ3) is 6.72. The predicted molar refractivity (Wildman–Crippen MR) is 65.6 cm³/mol. The Balaban J connectivity index is 4.24. The van der Waals surface area contributed by atoms with Crippen LogP contribution in [-0.4, -0.2) is 35.6 Å². The van der Waals surface area contributed by atoms with Gasteiger partial charge in [0.2, 0.25) is 11.8 Å². The van der Waals surface area contributed by atoms with E-state index in [1.54, 1.807) is 20.8 Å². The molecule has 0 radical (unpaired) electrons. The van der Waals surface area contributed by atoms with Crippen LogP contribution < -0.4 is 16.4 Å². The highest BCUT2D eigenvalue weighted by molar-refractivity contribution is 5.90. The zero-order valence-corrected chi connectivity index (χ0v) is 11.4. The zero-order valence-electron chi connectivity index (χ0n) is 11.4. The average molecular weight is 259 g/mol. The largest absolute Gasteiger partial charge is 0.444 e. The summed E-state index contributed by atoms with van der Waals surface area (Å²) >= 11 is 0. The molecule has 0 spiro atoms. The van der Waals surface area contributed by atoms with Gasteiger partial charge in [0.25, 0.3) is 0 Å². The first-order chi connectivity index (χ1) is 8.03. The van der Waals surface area contributed by atoms with E-state index in [9.17, 15) is 14.4 Å². The van der Waals surface area contributed by atoms with Gasteiger partial charge in [0.05, 0.1) is 0 Å². The van der Waals surface area contributed by atoms with Gasteiger partial charge in [-0.25, -0.2) is 4.79 Å². The van der Waals surface area contributed by atoms with E-state index < -0.39 is 35.6 Å². The van der Waals surface area contributed by atoms with Crippen LogP contribution in [0.5, 0.6) is 0 Å². The van der Waals surface area contributed by atoms with E-state index in [1.807, 2.05) is 0 Å². The SMILES string of the molecule is CC(NC(=O)C(C)NC(=O)OC(C)(C)C)C(N)=O. The van der Waals surface area contributed by atoms with Crippen LogP contribution in [0.2, 0.25) is 0 Å². The smallest absolute Gasteiger partial charge is 0.408 e. The molecule has 0 aromatic carbocycles. The maximum absolute atomic E-state index is 11.6. The molecule has 0 aromatic rings. The Morgan fingerprint density at radius 3 is 1.94 bits per heavy atom. The lowest BCUT2D eigenvalue weighted by molar-refractivity contribution is -0.128. The van der Waals surface area contributed by atoms with Crippen LogP contribution in [0, 0.1) is 0 Å².